The lowest BCUT2D eigenvalue weighted by atomic mass is 10.2. The molecule has 1 saturated carbocycles. The van der Waals surface area contributed by atoms with Crippen molar-refractivity contribution in [3.05, 3.63) is 41.5 Å². The Balaban J connectivity index is 1.50. The van der Waals surface area contributed by atoms with Crippen molar-refractivity contribution in [3.63, 3.8) is 0 Å². The maximum absolute atomic E-state index is 12.5. The summed E-state index contributed by atoms with van der Waals surface area (Å²) in [5.74, 6) is 0.614. The number of carbonyl (C=O) groups is 1. The normalized spacial score (nSPS) is 13.8. The predicted molar refractivity (Wildman–Crippen MR) is 86.1 cm³/mol. The molecule has 0 aliphatic heterocycles. The average molecular weight is 360 g/mol. The molecule has 1 fully saturated rings. The SMILES string of the molecule is O=C(Cn1cnnn1)N(Cc1nnc(-c2ccccc2Cl)o1)C1CC1. The van der Waals surface area contributed by atoms with Crippen molar-refractivity contribution >= 4 is 17.5 Å². The first-order chi connectivity index (χ1) is 12.2. The molecule has 0 saturated heterocycles. The number of rotatable bonds is 6. The van der Waals surface area contributed by atoms with Gasteiger partial charge in [-0.05, 0) is 35.4 Å². The van der Waals surface area contributed by atoms with Gasteiger partial charge in [-0.15, -0.1) is 15.3 Å². The lowest BCUT2D eigenvalue weighted by molar-refractivity contribution is -0.133. The van der Waals surface area contributed by atoms with Gasteiger partial charge in [0.25, 0.3) is 0 Å². The molecule has 4 rings (SSSR count). The Morgan fingerprint density at radius 3 is 2.88 bits per heavy atom. The van der Waals surface area contributed by atoms with Crippen LogP contribution in [0.1, 0.15) is 18.7 Å². The Kier molecular flexibility index (Phi) is 4.14. The molecule has 10 heteroatoms. The van der Waals surface area contributed by atoms with Crippen molar-refractivity contribution in [2.24, 2.45) is 0 Å². The van der Waals surface area contributed by atoms with E-state index in [0.29, 0.717) is 22.4 Å². The Hall–Kier alpha value is -2.81. The molecular formula is C15H14ClN7O2. The zero-order valence-corrected chi connectivity index (χ0v) is 13.9. The van der Waals surface area contributed by atoms with Gasteiger partial charge in [-0.25, -0.2) is 4.68 Å². The molecule has 2 heterocycles. The van der Waals surface area contributed by atoms with E-state index in [0.717, 1.165) is 12.8 Å². The molecule has 0 atom stereocenters. The minimum atomic E-state index is -0.0905. The highest BCUT2D eigenvalue weighted by Crippen LogP contribution is 2.30. The van der Waals surface area contributed by atoms with Crippen LogP contribution in [-0.2, 0) is 17.9 Å². The molecule has 128 valence electrons. The van der Waals surface area contributed by atoms with E-state index in [1.54, 1.807) is 17.0 Å². The van der Waals surface area contributed by atoms with Gasteiger partial charge in [0.2, 0.25) is 17.7 Å². The lowest BCUT2D eigenvalue weighted by Gasteiger charge is -2.20. The van der Waals surface area contributed by atoms with Crippen LogP contribution in [0.5, 0.6) is 0 Å². The van der Waals surface area contributed by atoms with Crippen molar-refractivity contribution in [3.8, 4) is 11.5 Å². The topological polar surface area (TPSA) is 103 Å². The number of benzene rings is 1. The molecule has 0 unspecified atom stereocenters. The number of hydrogen-bond acceptors (Lipinski definition) is 7. The van der Waals surface area contributed by atoms with Gasteiger partial charge < -0.3 is 9.32 Å². The fourth-order valence-electron chi connectivity index (χ4n) is 2.50. The van der Waals surface area contributed by atoms with E-state index >= 15 is 0 Å². The van der Waals surface area contributed by atoms with Crippen molar-refractivity contribution < 1.29 is 9.21 Å². The first-order valence-corrected chi connectivity index (χ1v) is 8.16. The van der Waals surface area contributed by atoms with E-state index in [2.05, 4.69) is 25.7 Å². The highest BCUT2D eigenvalue weighted by atomic mass is 35.5. The Bertz CT molecular complexity index is 876. The van der Waals surface area contributed by atoms with E-state index in [1.165, 1.54) is 11.0 Å². The van der Waals surface area contributed by atoms with Crippen LogP contribution >= 0.6 is 11.6 Å². The maximum Gasteiger partial charge on any atom is 0.249 e. The molecule has 3 aromatic rings. The van der Waals surface area contributed by atoms with E-state index < -0.39 is 0 Å². The maximum atomic E-state index is 12.5. The van der Waals surface area contributed by atoms with Gasteiger partial charge >= 0.3 is 0 Å². The van der Waals surface area contributed by atoms with E-state index in [-0.39, 0.29) is 25.0 Å². The van der Waals surface area contributed by atoms with Crippen LogP contribution in [0.2, 0.25) is 5.02 Å². The number of amides is 1. The number of hydrogen-bond donors (Lipinski definition) is 0. The molecule has 0 radical (unpaired) electrons. The summed E-state index contributed by atoms with van der Waals surface area (Å²) >= 11 is 6.15. The molecule has 1 aliphatic rings. The molecule has 2 aromatic heterocycles. The average Bonchev–Trinajstić information content (AvgIpc) is 3.12. The molecule has 0 spiro atoms. The summed E-state index contributed by atoms with van der Waals surface area (Å²) in [7, 11) is 0. The first kappa shape index (κ1) is 15.7. The summed E-state index contributed by atoms with van der Waals surface area (Å²) < 4.78 is 7.09. The monoisotopic (exact) mass is 359 g/mol. The molecule has 0 N–H and O–H groups in total. The molecule has 1 aromatic carbocycles. The van der Waals surface area contributed by atoms with Crippen molar-refractivity contribution in [1.82, 2.24) is 35.3 Å². The fraction of sp³-hybridized carbons (Fsp3) is 0.333. The quantitative estimate of drug-likeness (QED) is 0.658. The third kappa shape index (κ3) is 3.50. The minimum Gasteiger partial charge on any atom is -0.419 e. The van der Waals surface area contributed by atoms with Gasteiger partial charge in [0.05, 0.1) is 17.1 Å². The Morgan fingerprint density at radius 2 is 2.16 bits per heavy atom. The van der Waals surface area contributed by atoms with Gasteiger partial charge in [0.15, 0.2) is 0 Å². The lowest BCUT2D eigenvalue weighted by Crippen LogP contribution is -2.35. The Morgan fingerprint density at radius 1 is 1.32 bits per heavy atom. The van der Waals surface area contributed by atoms with E-state index in [4.69, 9.17) is 16.0 Å². The van der Waals surface area contributed by atoms with Gasteiger partial charge in [-0.2, -0.15) is 0 Å². The van der Waals surface area contributed by atoms with Crippen molar-refractivity contribution in [1.29, 1.82) is 0 Å². The highest BCUT2D eigenvalue weighted by molar-refractivity contribution is 6.33. The van der Waals surface area contributed by atoms with Crippen LogP contribution in [-0.4, -0.2) is 47.3 Å². The second-order valence-electron chi connectivity index (χ2n) is 5.74. The fourth-order valence-corrected chi connectivity index (χ4v) is 2.71. The van der Waals surface area contributed by atoms with Gasteiger partial charge in [-0.1, -0.05) is 23.7 Å². The second kappa shape index (κ2) is 6.60. The van der Waals surface area contributed by atoms with Gasteiger partial charge in [0.1, 0.15) is 12.9 Å². The van der Waals surface area contributed by atoms with Crippen LogP contribution in [0.4, 0.5) is 0 Å². The predicted octanol–water partition coefficient (Wildman–Crippen LogP) is 1.57. The summed E-state index contributed by atoms with van der Waals surface area (Å²) in [5, 5.41) is 19.4. The highest BCUT2D eigenvalue weighted by Gasteiger charge is 2.34. The van der Waals surface area contributed by atoms with Crippen molar-refractivity contribution in [2.75, 3.05) is 0 Å². The molecule has 25 heavy (non-hydrogen) atoms. The second-order valence-corrected chi connectivity index (χ2v) is 6.15. The van der Waals surface area contributed by atoms with E-state index in [9.17, 15) is 4.79 Å². The molecular weight excluding hydrogens is 346 g/mol. The summed E-state index contributed by atoms with van der Waals surface area (Å²) in [4.78, 5) is 14.3. The number of tetrazole rings is 1. The summed E-state index contributed by atoms with van der Waals surface area (Å²) in [5.41, 5.74) is 0.668. The number of nitrogens with zero attached hydrogens (tertiary/aromatic N) is 7. The third-order valence-electron chi connectivity index (χ3n) is 3.87. The molecule has 1 amide bonds. The smallest absolute Gasteiger partial charge is 0.249 e. The molecule has 0 bridgehead atoms. The summed E-state index contributed by atoms with van der Waals surface area (Å²) in [6.07, 6.45) is 3.34. The zero-order chi connectivity index (χ0) is 17.2. The summed E-state index contributed by atoms with van der Waals surface area (Å²) in [6, 6.07) is 7.43. The number of aromatic nitrogens is 6. The third-order valence-corrected chi connectivity index (χ3v) is 4.20. The standard InChI is InChI=1S/C15H14ClN7O2/c16-12-4-2-1-3-11(12)15-19-18-13(25-15)7-23(10-5-6-10)14(24)8-22-9-17-20-21-22/h1-4,9-10H,5-8H2. The van der Waals surface area contributed by atoms with Crippen LogP contribution in [0.3, 0.4) is 0 Å². The Labute approximate surface area is 147 Å². The summed E-state index contributed by atoms with van der Waals surface area (Å²) in [6.45, 7) is 0.331. The van der Waals surface area contributed by atoms with Crippen LogP contribution < -0.4 is 0 Å². The van der Waals surface area contributed by atoms with Gasteiger partial charge in [0, 0.05) is 6.04 Å². The number of halogens is 1. The minimum absolute atomic E-state index is 0.0784. The zero-order valence-electron chi connectivity index (χ0n) is 13.1. The van der Waals surface area contributed by atoms with E-state index in [1.807, 2.05) is 12.1 Å². The van der Waals surface area contributed by atoms with Crippen LogP contribution in [0.25, 0.3) is 11.5 Å². The van der Waals surface area contributed by atoms with Crippen LogP contribution in [0.15, 0.2) is 35.0 Å². The van der Waals surface area contributed by atoms with Crippen molar-refractivity contribution in [2.45, 2.75) is 32.0 Å². The largest absolute Gasteiger partial charge is 0.419 e. The molecule has 9 nitrogen and oxygen atoms in total. The first-order valence-electron chi connectivity index (χ1n) is 7.78. The van der Waals surface area contributed by atoms with Gasteiger partial charge in [-0.3, -0.25) is 4.79 Å². The number of carbonyl (C=O) groups excluding carboxylic acids is 1. The molecule has 1 aliphatic carbocycles. The van der Waals surface area contributed by atoms with Crippen LogP contribution in [0, 0.1) is 0 Å².